The smallest absolute Gasteiger partial charge is 0.283 e. The zero-order valence-electron chi connectivity index (χ0n) is 21.7. The Morgan fingerprint density at radius 2 is 1.80 bits per heavy atom. The zero-order valence-corrected chi connectivity index (χ0v) is 23.4. The molecule has 2 N–H and O–H groups in total. The Labute approximate surface area is 243 Å². The van der Waals surface area contributed by atoms with Gasteiger partial charge in [-0.3, -0.25) is 20.0 Å². The van der Waals surface area contributed by atoms with Gasteiger partial charge < -0.3 is 5.32 Å². The van der Waals surface area contributed by atoms with Crippen LogP contribution in [0.1, 0.15) is 39.2 Å². The van der Waals surface area contributed by atoms with Crippen LogP contribution < -0.4 is 5.32 Å². The van der Waals surface area contributed by atoms with Crippen molar-refractivity contribution in [3.8, 4) is 11.4 Å². The van der Waals surface area contributed by atoms with E-state index in [-0.39, 0.29) is 11.6 Å². The Kier molecular flexibility index (Phi) is 7.70. The third-order valence-corrected chi connectivity index (χ3v) is 8.77. The number of aromatic amines is 1. The quantitative estimate of drug-likeness (QED) is 0.111. The summed E-state index contributed by atoms with van der Waals surface area (Å²) in [5.41, 5.74) is 3.72. The van der Waals surface area contributed by atoms with Gasteiger partial charge in [0.05, 0.1) is 15.4 Å². The van der Waals surface area contributed by atoms with E-state index in [1.165, 1.54) is 22.3 Å². The molecule has 11 heteroatoms. The molecule has 6 rings (SSSR count). The summed E-state index contributed by atoms with van der Waals surface area (Å²) in [5.74, 6) is 0.395. The van der Waals surface area contributed by atoms with Crippen LogP contribution in [0.25, 0.3) is 11.4 Å². The molecule has 0 fully saturated rings. The molecule has 0 radical (unpaired) electrons. The number of aromatic nitrogens is 3. The van der Waals surface area contributed by atoms with Crippen molar-refractivity contribution in [1.29, 1.82) is 0 Å². The minimum Gasteiger partial charge on any atom is -0.322 e. The summed E-state index contributed by atoms with van der Waals surface area (Å²) >= 11 is 2.64. The predicted molar refractivity (Wildman–Crippen MR) is 162 cm³/mol. The Hall–Kier alpha value is -4.61. The average molecular weight is 581 g/mol. The third kappa shape index (κ3) is 5.96. The Balaban J connectivity index is 1.26. The predicted octanol–water partition coefficient (Wildman–Crippen LogP) is 7.47. The van der Waals surface area contributed by atoms with Crippen LogP contribution in [0, 0.1) is 10.1 Å². The van der Waals surface area contributed by atoms with Crippen LogP contribution in [0.15, 0.2) is 93.9 Å². The first-order valence-electron chi connectivity index (χ1n) is 13.0. The number of hydrogen-bond acceptors (Lipinski definition) is 8. The molecular formula is C30H24N6O3S2. The number of aryl methyl sites for hydroxylation is 1. The topological polar surface area (TPSA) is 126 Å². The molecule has 0 saturated heterocycles. The largest absolute Gasteiger partial charge is 0.322 e. The molecule has 9 nitrogen and oxygen atoms in total. The molecule has 1 aliphatic rings. The van der Waals surface area contributed by atoms with Crippen molar-refractivity contribution in [1.82, 2.24) is 15.2 Å². The molecule has 2 aromatic heterocycles. The fourth-order valence-electron chi connectivity index (χ4n) is 4.68. The number of rotatable bonds is 8. The zero-order chi connectivity index (χ0) is 28.2. The number of thiophene rings is 1. The summed E-state index contributed by atoms with van der Waals surface area (Å²) < 4.78 is 0. The summed E-state index contributed by atoms with van der Waals surface area (Å²) in [7, 11) is 0. The number of hydrogen-bond donors (Lipinski definition) is 2. The average Bonchev–Trinajstić information content (AvgIpc) is 3.62. The number of carbonyl (C=O) groups is 1. The number of amides is 1. The van der Waals surface area contributed by atoms with E-state index in [2.05, 4.69) is 25.5 Å². The lowest BCUT2D eigenvalue weighted by molar-refractivity contribution is -0.387. The monoisotopic (exact) mass is 580 g/mol. The summed E-state index contributed by atoms with van der Waals surface area (Å²) in [5, 5.41) is 23.0. The molecule has 0 aliphatic heterocycles. The number of H-pyrrole nitrogens is 1. The van der Waals surface area contributed by atoms with E-state index in [9.17, 15) is 14.9 Å². The van der Waals surface area contributed by atoms with E-state index < -0.39 is 4.92 Å². The first-order chi connectivity index (χ1) is 20.0. The minimum absolute atomic E-state index is 0.0717. The molecule has 41 heavy (non-hydrogen) atoms. The van der Waals surface area contributed by atoms with Gasteiger partial charge in [-0.2, -0.15) is 0 Å². The van der Waals surface area contributed by atoms with Crippen molar-refractivity contribution in [2.24, 2.45) is 4.99 Å². The number of anilines is 1. The second-order valence-electron chi connectivity index (χ2n) is 9.39. The van der Waals surface area contributed by atoms with Gasteiger partial charge in [0.1, 0.15) is 5.00 Å². The minimum atomic E-state index is -0.424. The van der Waals surface area contributed by atoms with Crippen LogP contribution in [-0.4, -0.2) is 32.2 Å². The summed E-state index contributed by atoms with van der Waals surface area (Å²) in [4.78, 5) is 35.6. The first-order valence-corrected chi connectivity index (χ1v) is 14.7. The highest BCUT2D eigenvalue weighted by Gasteiger charge is 2.25. The van der Waals surface area contributed by atoms with Crippen LogP contribution in [0.3, 0.4) is 0 Å². The van der Waals surface area contributed by atoms with Crippen molar-refractivity contribution in [3.05, 3.63) is 111 Å². The maximum absolute atomic E-state index is 13.3. The molecule has 1 aliphatic carbocycles. The molecule has 0 atom stereocenters. The number of fused-ring (bicyclic) bond motifs is 1. The molecule has 2 heterocycles. The Morgan fingerprint density at radius 1 is 1.05 bits per heavy atom. The highest BCUT2D eigenvalue weighted by atomic mass is 32.2. The van der Waals surface area contributed by atoms with E-state index in [1.54, 1.807) is 18.3 Å². The number of aliphatic imine (C=N–C) groups is 1. The first kappa shape index (κ1) is 26.6. The molecule has 0 spiro atoms. The van der Waals surface area contributed by atoms with Crippen molar-refractivity contribution < 1.29 is 9.72 Å². The lowest BCUT2D eigenvalue weighted by atomic mass is 9.95. The second-order valence-corrected chi connectivity index (χ2v) is 11.5. The van der Waals surface area contributed by atoms with Gasteiger partial charge in [-0.25, -0.2) is 9.98 Å². The van der Waals surface area contributed by atoms with Gasteiger partial charge >= 0.3 is 0 Å². The fraction of sp³-hybridized carbons (Fsp3) is 0.133. The number of nitro groups is 1. The normalized spacial score (nSPS) is 12.8. The number of nitro benzene ring substituents is 1. The maximum Gasteiger partial charge on any atom is 0.283 e. The Morgan fingerprint density at radius 3 is 2.59 bits per heavy atom. The van der Waals surface area contributed by atoms with Gasteiger partial charge in [0.2, 0.25) is 5.16 Å². The fourth-order valence-corrected chi connectivity index (χ4v) is 6.71. The number of benzene rings is 3. The number of nitrogens with zero attached hydrogens (tertiary/aromatic N) is 4. The Bertz CT molecular complexity index is 1750. The number of para-hydroxylation sites is 1. The van der Waals surface area contributed by atoms with Gasteiger partial charge in [0, 0.05) is 28.4 Å². The lowest BCUT2D eigenvalue weighted by Gasteiger charge is -2.12. The summed E-state index contributed by atoms with van der Waals surface area (Å²) in [6.45, 7) is 0. The summed E-state index contributed by atoms with van der Waals surface area (Å²) in [6.07, 6.45) is 5.45. The van der Waals surface area contributed by atoms with Gasteiger partial charge in [-0.1, -0.05) is 54.6 Å². The van der Waals surface area contributed by atoms with Crippen LogP contribution in [0.2, 0.25) is 0 Å². The molecule has 3 aromatic carbocycles. The molecule has 5 aromatic rings. The standard InChI is InChI=1S/C30H24N6O3S2/c37-28(32-21-11-5-2-6-12-21)26-22-13-7-8-14-24(22)40-29(26)31-18-19-15-16-25(23(17-19)36(38)39)41-30-33-27(34-35-30)20-9-3-1-4-10-20/h1-6,9-12,15-18H,7-8,13-14H2,(H,32,37)(H,33,34,35). The van der Waals surface area contributed by atoms with E-state index in [0.717, 1.165) is 48.6 Å². The molecule has 1 amide bonds. The van der Waals surface area contributed by atoms with Crippen LogP contribution in [0.5, 0.6) is 0 Å². The molecule has 0 unspecified atom stereocenters. The van der Waals surface area contributed by atoms with Gasteiger partial charge in [-0.05, 0) is 66.8 Å². The van der Waals surface area contributed by atoms with E-state index in [0.29, 0.717) is 37.7 Å². The van der Waals surface area contributed by atoms with Crippen LogP contribution in [-0.2, 0) is 12.8 Å². The molecule has 0 bridgehead atoms. The van der Waals surface area contributed by atoms with Crippen molar-refractivity contribution in [3.63, 3.8) is 0 Å². The molecular weight excluding hydrogens is 557 g/mol. The van der Waals surface area contributed by atoms with Crippen molar-refractivity contribution in [2.75, 3.05) is 5.32 Å². The maximum atomic E-state index is 13.3. The SMILES string of the molecule is O=C(Nc1ccccc1)c1c(N=Cc2ccc(Sc3n[nH]c(-c4ccccc4)n3)c([N+](=O)[O-])c2)sc2c1CCCC2. The van der Waals surface area contributed by atoms with Crippen LogP contribution in [0.4, 0.5) is 16.4 Å². The highest BCUT2D eigenvalue weighted by Crippen LogP contribution is 2.40. The van der Waals surface area contributed by atoms with Gasteiger partial charge in [0.25, 0.3) is 11.6 Å². The number of carbonyl (C=O) groups excluding carboxylic acids is 1. The van der Waals surface area contributed by atoms with Crippen molar-refractivity contribution in [2.45, 2.75) is 35.7 Å². The van der Waals surface area contributed by atoms with Crippen molar-refractivity contribution >= 4 is 51.6 Å². The van der Waals surface area contributed by atoms with E-state index >= 15 is 0 Å². The lowest BCUT2D eigenvalue weighted by Crippen LogP contribution is -2.14. The van der Waals surface area contributed by atoms with Gasteiger partial charge in [-0.15, -0.1) is 16.4 Å². The van der Waals surface area contributed by atoms with Gasteiger partial charge in [0.15, 0.2) is 5.82 Å². The number of nitrogens with one attached hydrogen (secondary N) is 2. The molecule has 0 saturated carbocycles. The second kappa shape index (κ2) is 11.9. The summed E-state index contributed by atoms with van der Waals surface area (Å²) in [6, 6.07) is 23.8. The third-order valence-electron chi connectivity index (χ3n) is 6.64. The van der Waals surface area contributed by atoms with Crippen LogP contribution >= 0.6 is 23.1 Å². The van der Waals surface area contributed by atoms with E-state index in [4.69, 9.17) is 0 Å². The van der Waals surface area contributed by atoms with E-state index in [1.807, 2.05) is 60.7 Å². The molecule has 204 valence electrons. The highest BCUT2D eigenvalue weighted by molar-refractivity contribution is 7.99.